The maximum absolute atomic E-state index is 12.5. The summed E-state index contributed by atoms with van der Waals surface area (Å²) in [6, 6.07) is 21.8. The summed E-state index contributed by atoms with van der Waals surface area (Å²) in [5.74, 6) is 0.306. The van der Waals surface area contributed by atoms with Crippen LogP contribution < -0.4 is 15.4 Å². The average molecular weight is 388 g/mol. The van der Waals surface area contributed by atoms with Gasteiger partial charge in [0.15, 0.2) is 6.10 Å². The van der Waals surface area contributed by atoms with Gasteiger partial charge < -0.3 is 15.4 Å². The van der Waals surface area contributed by atoms with Crippen LogP contribution in [0, 0.1) is 13.8 Å². The van der Waals surface area contributed by atoms with E-state index in [9.17, 15) is 9.59 Å². The van der Waals surface area contributed by atoms with E-state index in [-0.39, 0.29) is 11.8 Å². The fourth-order valence-electron chi connectivity index (χ4n) is 2.89. The fourth-order valence-corrected chi connectivity index (χ4v) is 2.89. The zero-order valence-electron chi connectivity index (χ0n) is 16.7. The molecule has 148 valence electrons. The lowest BCUT2D eigenvalue weighted by Gasteiger charge is -2.18. The topological polar surface area (TPSA) is 67.4 Å². The maximum Gasteiger partial charge on any atom is 0.265 e. The van der Waals surface area contributed by atoms with E-state index in [0.29, 0.717) is 16.9 Å². The second-order valence-electron chi connectivity index (χ2n) is 6.87. The Hall–Kier alpha value is -3.60. The molecule has 0 aromatic heterocycles. The van der Waals surface area contributed by atoms with Gasteiger partial charge in [-0.3, -0.25) is 9.59 Å². The first-order valence-corrected chi connectivity index (χ1v) is 9.44. The molecule has 29 heavy (non-hydrogen) atoms. The molecule has 0 bridgehead atoms. The maximum atomic E-state index is 12.5. The summed E-state index contributed by atoms with van der Waals surface area (Å²) in [6.45, 7) is 5.63. The highest BCUT2D eigenvalue weighted by molar-refractivity contribution is 6.04. The Bertz CT molecular complexity index is 978. The Morgan fingerprint density at radius 1 is 0.759 bits per heavy atom. The van der Waals surface area contributed by atoms with Crippen LogP contribution in [0.25, 0.3) is 0 Å². The van der Waals surface area contributed by atoms with Crippen molar-refractivity contribution in [1.29, 1.82) is 0 Å². The van der Waals surface area contributed by atoms with Crippen LogP contribution in [0.5, 0.6) is 5.75 Å². The molecule has 0 aliphatic rings. The van der Waals surface area contributed by atoms with Crippen LogP contribution in [-0.4, -0.2) is 17.9 Å². The van der Waals surface area contributed by atoms with Gasteiger partial charge in [0.05, 0.1) is 0 Å². The van der Waals surface area contributed by atoms with Crippen molar-refractivity contribution in [3.63, 3.8) is 0 Å². The van der Waals surface area contributed by atoms with Crippen molar-refractivity contribution in [2.75, 3.05) is 10.6 Å². The molecule has 0 spiro atoms. The molecule has 0 fully saturated rings. The van der Waals surface area contributed by atoms with Crippen molar-refractivity contribution in [3.8, 4) is 5.75 Å². The number of para-hydroxylation sites is 1. The molecule has 0 heterocycles. The van der Waals surface area contributed by atoms with E-state index in [1.807, 2.05) is 50.2 Å². The highest BCUT2D eigenvalue weighted by Gasteiger charge is 2.17. The quantitative estimate of drug-likeness (QED) is 0.627. The average Bonchev–Trinajstić information content (AvgIpc) is 2.72. The van der Waals surface area contributed by atoms with Gasteiger partial charge in [0.25, 0.3) is 11.8 Å². The SMILES string of the molecule is Cc1cccc(C)c1O[C@H](C)C(=O)Nc1ccc(NC(=O)c2ccccc2)cc1. The predicted molar refractivity (Wildman–Crippen MR) is 115 cm³/mol. The van der Waals surface area contributed by atoms with Crippen molar-refractivity contribution >= 4 is 23.2 Å². The third-order valence-corrected chi connectivity index (χ3v) is 4.52. The van der Waals surface area contributed by atoms with Crippen LogP contribution in [0.2, 0.25) is 0 Å². The van der Waals surface area contributed by atoms with Gasteiger partial charge in [-0.1, -0.05) is 36.4 Å². The molecular weight excluding hydrogens is 364 g/mol. The van der Waals surface area contributed by atoms with E-state index in [0.717, 1.165) is 16.9 Å². The van der Waals surface area contributed by atoms with Crippen LogP contribution in [-0.2, 0) is 4.79 Å². The van der Waals surface area contributed by atoms with E-state index >= 15 is 0 Å². The standard InChI is InChI=1S/C24H24N2O3/c1-16-8-7-9-17(2)22(16)29-18(3)23(27)25-20-12-14-21(15-13-20)26-24(28)19-10-5-4-6-11-19/h4-15,18H,1-3H3,(H,25,27)(H,26,28)/t18-/m1/s1. The Labute approximate surface area is 170 Å². The molecule has 0 saturated carbocycles. The smallest absolute Gasteiger partial charge is 0.265 e. The summed E-state index contributed by atoms with van der Waals surface area (Å²) in [6.07, 6.45) is -0.646. The number of benzene rings is 3. The molecule has 0 unspecified atom stereocenters. The van der Waals surface area contributed by atoms with Crippen LogP contribution in [0.3, 0.4) is 0 Å². The summed E-state index contributed by atoms with van der Waals surface area (Å²) in [7, 11) is 0. The molecule has 5 heteroatoms. The number of anilines is 2. The van der Waals surface area contributed by atoms with E-state index in [4.69, 9.17) is 4.74 Å². The molecular formula is C24H24N2O3. The third-order valence-electron chi connectivity index (χ3n) is 4.52. The van der Waals surface area contributed by atoms with E-state index in [2.05, 4.69) is 10.6 Å². The summed E-state index contributed by atoms with van der Waals surface area (Å²) in [5.41, 5.74) is 3.84. The zero-order chi connectivity index (χ0) is 20.8. The zero-order valence-corrected chi connectivity index (χ0v) is 16.7. The van der Waals surface area contributed by atoms with Crippen molar-refractivity contribution in [2.24, 2.45) is 0 Å². The first-order valence-electron chi connectivity index (χ1n) is 9.44. The Morgan fingerprint density at radius 3 is 1.90 bits per heavy atom. The Balaban J connectivity index is 1.59. The number of amides is 2. The molecule has 3 rings (SSSR count). The molecule has 1 atom stereocenters. The van der Waals surface area contributed by atoms with Crippen LogP contribution >= 0.6 is 0 Å². The van der Waals surface area contributed by atoms with Crippen molar-refractivity contribution in [2.45, 2.75) is 26.9 Å². The number of carbonyl (C=O) groups excluding carboxylic acids is 2. The highest BCUT2D eigenvalue weighted by Crippen LogP contribution is 2.24. The second kappa shape index (κ2) is 9.06. The molecule has 0 aliphatic heterocycles. The van der Waals surface area contributed by atoms with Gasteiger partial charge in [0.2, 0.25) is 0 Å². The van der Waals surface area contributed by atoms with Crippen molar-refractivity contribution in [3.05, 3.63) is 89.5 Å². The third kappa shape index (κ3) is 5.23. The minimum Gasteiger partial charge on any atom is -0.480 e. The normalized spacial score (nSPS) is 11.4. The number of hydrogen-bond donors (Lipinski definition) is 2. The number of ether oxygens (including phenoxy) is 1. The van der Waals surface area contributed by atoms with Crippen molar-refractivity contribution < 1.29 is 14.3 Å². The van der Waals surface area contributed by atoms with Gasteiger partial charge in [-0.15, -0.1) is 0 Å². The largest absolute Gasteiger partial charge is 0.480 e. The van der Waals surface area contributed by atoms with Gasteiger partial charge in [-0.25, -0.2) is 0 Å². The molecule has 3 aromatic carbocycles. The van der Waals surface area contributed by atoms with E-state index < -0.39 is 6.10 Å². The number of carbonyl (C=O) groups is 2. The lowest BCUT2D eigenvalue weighted by molar-refractivity contribution is -0.122. The number of hydrogen-bond acceptors (Lipinski definition) is 3. The molecule has 3 aromatic rings. The van der Waals surface area contributed by atoms with E-state index in [1.54, 1.807) is 43.3 Å². The first-order chi connectivity index (χ1) is 13.9. The van der Waals surface area contributed by atoms with Crippen LogP contribution in [0.4, 0.5) is 11.4 Å². The first kappa shape index (κ1) is 20.1. The number of aryl methyl sites for hydroxylation is 2. The van der Waals surface area contributed by atoms with Crippen LogP contribution in [0.15, 0.2) is 72.8 Å². The predicted octanol–water partition coefficient (Wildman–Crippen LogP) is 4.96. The summed E-state index contributed by atoms with van der Waals surface area (Å²) in [5, 5.41) is 5.67. The minimum atomic E-state index is -0.646. The fraction of sp³-hybridized carbons (Fsp3) is 0.167. The summed E-state index contributed by atoms with van der Waals surface area (Å²) < 4.78 is 5.87. The number of nitrogens with one attached hydrogen (secondary N) is 2. The lowest BCUT2D eigenvalue weighted by atomic mass is 10.1. The monoisotopic (exact) mass is 388 g/mol. The Morgan fingerprint density at radius 2 is 1.31 bits per heavy atom. The van der Waals surface area contributed by atoms with Gasteiger partial charge in [0, 0.05) is 16.9 Å². The molecule has 0 saturated heterocycles. The molecule has 2 amide bonds. The van der Waals surface area contributed by atoms with Gasteiger partial charge in [0.1, 0.15) is 5.75 Å². The summed E-state index contributed by atoms with van der Waals surface area (Å²) in [4.78, 5) is 24.7. The minimum absolute atomic E-state index is 0.182. The molecule has 0 aliphatic carbocycles. The number of rotatable bonds is 6. The van der Waals surface area contributed by atoms with Gasteiger partial charge >= 0.3 is 0 Å². The van der Waals surface area contributed by atoms with Gasteiger partial charge in [-0.05, 0) is 68.3 Å². The highest BCUT2D eigenvalue weighted by atomic mass is 16.5. The molecule has 0 radical (unpaired) electrons. The van der Waals surface area contributed by atoms with Crippen LogP contribution in [0.1, 0.15) is 28.4 Å². The summed E-state index contributed by atoms with van der Waals surface area (Å²) >= 11 is 0. The molecule has 2 N–H and O–H groups in total. The van der Waals surface area contributed by atoms with E-state index in [1.165, 1.54) is 0 Å². The lowest BCUT2D eigenvalue weighted by Crippen LogP contribution is -2.30. The molecule has 5 nitrogen and oxygen atoms in total. The van der Waals surface area contributed by atoms with Crippen molar-refractivity contribution in [1.82, 2.24) is 0 Å². The van der Waals surface area contributed by atoms with Gasteiger partial charge in [-0.2, -0.15) is 0 Å². The Kier molecular flexibility index (Phi) is 6.29. The second-order valence-corrected chi connectivity index (χ2v) is 6.87.